The van der Waals surface area contributed by atoms with Crippen LogP contribution < -0.4 is 5.32 Å². The van der Waals surface area contributed by atoms with E-state index < -0.39 is 0 Å². The first-order chi connectivity index (χ1) is 8.22. The molecule has 1 aromatic heterocycles. The van der Waals surface area contributed by atoms with Gasteiger partial charge in [-0.15, -0.1) is 10.2 Å². The average Bonchev–Trinajstić information content (AvgIpc) is 2.64. The zero-order valence-corrected chi connectivity index (χ0v) is 11.5. The summed E-state index contributed by atoms with van der Waals surface area (Å²) in [6.07, 6.45) is 1.07. The lowest BCUT2D eigenvalue weighted by Gasteiger charge is -2.31. The van der Waals surface area contributed by atoms with Crippen molar-refractivity contribution >= 4 is 11.8 Å². The molecule has 1 saturated heterocycles. The van der Waals surface area contributed by atoms with Gasteiger partial charge in [-0.05, 0) is 19.9 Å². The number of nitrogens with one attached hydrogen (secondary N) is 1. The maximum Gasteiger partial charge on any atom is 0.191 e. The van der Waals surface area contributed by atoms with Gasteiger partial charge in [-0.2, -0.15) is 0 Å². The summed E-state index contributed by atoms with van der Waals surface area (Å²) in [4.78, 5) is 0. The summed E-state index contributed by atoms with van der Waals surface area (Å²) < 4.78 is 7.59. The summed E-state index contributed by atoms with van der Waals surface area (Å²) in [6.45, 7) is 6.75. The molecule has 0 bridgehead atoms. The number of thioether (sulfide) groups is 1. The van der Waals surface area contributed by atoms with Gasteiger partial charge in [-0.25, -0.2) is 0 Å². The number of hydrogen-bond donors (Lipinski definition) is 1. The first-order valence-corrected chi connectivity index (χ1v) is 6.94. The SMILES string of the molecule is CCNC1CCOCC1Sc1nnc(C)n1C. The van der Waals surface area contributed by atoms with E-state index in [4.69, 9.17) is 4.74 Å². The third-order valence-corrected chi connectivity index (χ3v) is 4.41. The lowest BCUT2D eigenvalue weighted by molar-refractivity contribution is 0.0836. The zero-order valence-electron chi connectivity index (χ0n) is 10.6. The maximum absolute atomic E-state index is 5.56. The van der Waals surface area contributed by atoms with E-state index in [0.717, 1.165) is 37.2 Å². The minimum Gasteiger partial charge on any atom is -0.380 e. The van der Waals surface area contributed by atoms with E-state index in [9.17, 15) is 0 Å². The summed E-state index contributed by atoms with van der Waals surface area (Å²) >= 11 is 1.76. The smallest absolute Gasteiger partial charge is 0.191 e. The van der Waals surface area contributed by atoms with E-state index in [-0.39, 0.29) is 0 Å². The summed E-state index contributed by atoms with van der Waals surface area (Å²) in [7, 11) is 2.00. The van der Waals surface area contributed by atoms with Gasteiger partial charge in [-0.1, -0.05) is 18.7 Å². The molecule has 2 rings (SSSR count). The molecule has 5 nitrogen and oxygen atoms in total. The lowest BCUT2D eigenvalue weighted by Crippen LogP contribution is -2.44. The molecule has 0 spiro atoms. The maximum atomic E-state index is 5.56. The van der Waals surface area contributed by atoms with Crippen LogP contribution in [0.4, 0.5) is 0 Å². The minimum absolute atomic E-state index is 0.422. The highest BCUT2D eigenvalue weighted by Gasteiger charge is 2.27. The van der Waals surface area contributed by atoms with E-state index in [1.807, 2.05) is 18.5 Å². The van der Waals surface area contributed by atoms with Gasteiger partial charge in [0.1, 0.15) is 5.82 Å². The van der Waals surface area contributed by atoms with Crippen molar-refractivity contribution in [3.05, 3.63) is 5.82 Å². The third kappa shape index (κ3) is 3.00. The van der Waals surface area contributed by atoms with Gasteiger partial charge in [0, 0.05) is 19.7 Å². The molecule has 0 aliphatic carbocycles. The molecule has 17 heavy (non-hydrogen) atoms. The zero-order chi connectivity index (χ0) is 12.3. The molecule has 2 heterocycles. The molecule has 96 valence electrons. The van der Waals surface area contributed by atoms with Crippen LogP contribution in [0.2, 0.25) is 0 Å². The Balaban J connectivity index is 2.02. The summed E-state index contributed by atoms with van der Waals surface area (Å²) in [5, 5.41) is 13.2. The number of nitrogens with zero attached hydrogens (tertiary/aromatic N) is 3. The highest BCUT2D eigenvalue weighted by atomic mass is 32.2. The molecule has 2 unspecified atom stereocenters. The van der Waals surface area contributed by atoms with Crippen LogP contribution in [0.3, 0.4) is 0 Å². The molecule has 0 aromatic carbocycles. The highest BCUT2D eigenvalue weighted by Crippen LogP contribution is 2.27. The highest BCUT2D eigenvalue weighted by molar-refractivity contribution is 7.99. The number of hydrogen-bond acceptors (Lipinski definition) is 5. The van der Waals surface area contributed by atoms with E-state index in [1.165, 1.54) is 0 Å². The van der Waals surface area contributed by atoms with Crippen molar-refractivity contribution in [2.75, 3.05) is 19.8 Å². The van der Waals surface area contributed by atoms with E-state index in [0.29, 0.717) is 11.3 Å². The monoisotopic (exact) mass is 256 g/mol. The fourth-order valence-electron chi connectivity index (χ4n) is 1.95. The van der Waals surface area contributed by atoms with Crippen molar-refractivity contribution in [2.24, 2.45) is 7.05 Å². The molecule has 0 amide bonds. The molecular weight excluding hydrogens is 236 g/mol. The summed E-state index contributed by atoms with van der Waals surface area (Å²) in [6, 6.07) is 0.510. The standard InChI is InChI=1S/C11H20N4OS/c1-4-12-9-5-6-16-7-10(9)17-11-14-13-8(2)15(11)3/h9-10,12H,4-7H2,1-3H3. The second-order valence-electron chi connectivity index (χ2n) is 4.27. The Bertz CT molecular complexity index is 366. The Morgan fingerprint density at radius 3 is 3.00 bits per heavy atom. The molecule has 0 radical (unpaired) electrons. The molecule has 1 aromatic rings. The van der Waals surface area contributed by atoms with Crippen LogP contribution in [-0.4, -0.2) is 45.8 Å². The van der Waals surface area contributed by atoms with E-state index in [1.54, 1.807) is 11.8 Å². The number of rotatable bonds is 4. The molecule has 1 fully saturated rings. The van der Waals surface area contributed by atoms with Crippen molar-refractivity contribution in [3.63, 3.8) is 0 Å². The molecule has 1 N–H and O–H groups in total. The average molecular weight is 256 g/mol. The van der Waals surface area contributed by atoms with Crippen molar-refractivity contribution in [1.82, 2.24) is 20.1 Å². The second kappa shape index (κ2) is 5.84. The molecule has 0 saturated carbocycles. The first kappa shape index (κ1) is 12.9. The van der Waals surface area contributed by atoms with Crippen LogP contribution in [-0.2, 0) is 11.8 Å². The van der Waals surface area contributed by atoms with Gasteiger partial charge in [0.2, 0.25) is 0 Å². The van der Waals surface area contributed by atoms with E-state index in [2.05, 4.69) is 22.4 Å². The van der Waals surface area contributed by atoms with Crippen molar-refractivity contribution in [1.29, 1.82) is 0 Å². The van der Waals surface area contributed by atoms with Crippen LogP contribution in [0.25, 0.3) is 0 Å². The second-order valence-corrected chi connectivity index (χ2v) is 5.48. The van der Waals surface area contributed by atoms with Gasteiger partial charge in [0.25, 0.3) is 0 Å². The quantitative estimate of drug-likeness (QED) is 0.870. The summed E-state index contributed by atoms with van der Waals surface area (Å²) in [5.74, 6) is 0.948. The fourth-order valence-corrected chi connectivity index (χ4v) is 3.16. The Hall–Kier alpha value is -0.590. The summed E-state index contributed by atoms with van der Waals surface area (Å²) in [5.41, 5.74) is 0. The Morgan fingerprint density at radius 2 is 2.35 bits per heavy atom. The van der Waals surface area contributed by atoms with Crippen LogP contribution in [0.5, 0.6) is 0 Å². The molecular formula is C11H20N4OS. The number of ether oxygens (including phenoxy) is 1. The first-order valence-electron chi connectivity index (χ1n) is 6.06. The largest absolute Gasteiger partial charge is 0.380 e. The van der Waals surface area contributed by atoms with Crippen molar-refractivity contribution in [3.8, 4) is 0 Å². The van der Waals surface area contributed by atoms with Gasteiger partial charge in [-0.3, -0.25) is 0 Å². The third-order valence-electron chi connectivity index (χ3n) is 3.08. The predicted octanol–water partition coefficient (Wildman–Crippen LogP) is 0.983. The molecule has 2 atom stereocenters. The normalized spacial score (nSPS) is 25.1. The topological polar surface area (TPSA) is 52.0 Å². The van der Waals surface area contributed by atoms with Gasteiger partial charge < -0.3 is 14.6 Å². The molecule has 6 heteroatoms. The Kier molecular flexibility index (Phi) is 4.42. The van der Waals surface area contributed by atoms with Crippen molar-refractivity contribution < 1.29 is 4.74 Å². The van der Waals surface area contributed by atoms with Crippen LogP contribution >= 0.6 is 11.8 Å². The van der Waals surface area contributed by atoms with Gasteiger partial charge in [0.05, 0.1) is 11.9 Å². The number of aromatic nitrogens is 3. The van der Waals surface area contributed by atoms with Gasteiger partial charge >= 0.3 is 0 Å². The van der Waals surface area contributed by atoms with Crippen molar-refractivity contribution in [2.45, 2.75) is 36.7 Å². The van der Waals surface area contributed by atoms with Crippen LogP contribution in [0.1, 0.15) is 19.2 Å². The minimum atomic E-state index is 0.422. The van der Waals surface area contributed by atoms with E-state index >= 15 is 0 Å². The van der Waals surface area contributed by atoms with Crippen LogP contribution in [0.15, 0.2) is 5.16 Å². The van der Waals surface area contributed by atoms with Crippen LogP contribution in [0, 0.1) is 6.92 Å². The molecule has 1 aliphatic heterocycles. The number of aryl methyl sites for hydroxylation is 1. The predicted molar refractivity (Wildman–Crippen MR) is 68.3 cm³/mol. The fraction of sp³-hybridized carbons (Fsp3) is 0.818. The Morgan fingerprint density at radius 1 is 1.53 bits per heavy atom. The van der Waals surface area contributed by atoms with Gasteiger partial charge in [0.15, 0.2) is 5.16 Å². The molecule has 1 aliphatic rings. The Labute approximate surface area is 106 Å². The lowest BCUT2D eigenvalue weighted by atomic mass is 10.1.